The Morgan fingerprint density at radius 1 is 0.303 bits per heavy atom. The van der Waals surface area contributed by atoms with Gasteiger partial charge >= 0.3 is 0 Å². The Labute approximate surface area is 918 Å². The molecule has 145 heavy (non-hydrogen) atoms. The molecule has 12 nitrogen and oxygen atoms in total. The largest absolute Gasteiger partial charge is 0.513 e. The second-order valence-corrected chi connectivity index (χ2v) is 38.3. The molecule has 22 aromatic rings. The van der Waals surface area contributed by atoms with E-state index < -0.39 is 12.2 Å². The van der Waals surface area contributed by atoms with E-state index in [1.165, 1.54) is 130 Å². The zero-order chi connectivity index (χ0) is 95.4. The van der Waals surface area contributed by atoms with Crippen LogP contribution in [-0.4, -0.2) is 72.5 Å². The molecule has 23 heteroatoms. The molecular weight excluding hydrogens is 2750 g/mol. The molecule has 4 unspecified atom stereocenters. The van der Waals surface area contributed by atoms with E-state index in [2.05, 4.69) is 293 Å². The van der Waals surface area contributed by atoms with E-state index in [4.69, 9.17) is 25.4 Å². The standard InChI is InChI=1S/C35H28N.2C16H9N2.3C15H10N.2C5H10O2.3FH.5Ir.H5P3/c1-34(2)29-11-7-5-9-25(29)27-16-13-22(19-31(27)34)24-15-18-33(36-21-24)23-14-17-28-26-10-6-8-12-30(26)35(3,4)32(28)20-23;2*1-3-7-13-11(5-1)12-6-2-4-8-14(12)16-15(13)17-9-10-18-16;3*1-2-7-13(8-3-1)15-14-9-5-4-6-12(14)10-11-16-15;2*1-4(6)3-5(2)7;;;;;;;;;1-3-2/h5-13,15-21H,1-4H3;2*1-7,9-10H;3*1-7,9-11H;2*3-4,6-7H,1-2H3;3*1H;;;;;;3H,1-2H2/q6*-1;;;;;;;;;;;. The van der Waals surface area contributed by atoms with Crippen LogP contribution in [0.2, 0.25) is 0 Å². The van der Waals surface area contributed by atoms with E-state index in [-0.39, 0.29) is 137 Å². The number of aromatic nitrogens is 8. The van der Waals surface area contributed by atoms with Crippen molar-refractivity contribution in [3.63, 3.8) is 0 Å². The molecular formula is C122H104F3Ir5N8O4P3-6. The molecule has 5 radical (unpaired) electrons. The minimum atomic E-state index is -0.537. The van der Waals surface area contributed by atoms with Crippen molar-refractivity contribution in [2.45, 2.75) is 78.4 Å². The van der Waals surface area contributed by atoms with Crippen LogP contribution in [0, 0.1) is 36.4 Å². The molecule has 4 atom stereocenters. The summed E-state index contributed by atoms with van der Waals surface area (Å²) in [7, 11) is 6.06. The average Bonchev–Trinajstić information content (AvgIpc) is 1.64. The number of hydrogen-bond donors (Lipinski definition) is 4. The van der Waals surface area contributed by atoms with Gasteiger partial charge in [0, 0.05) is 167 Å². The first-order chi connectivity index (χ1) is 66.8. The third kappa shape index (κ3) is 27.8. The molecule has 2 aliphatic rings. The van der Waals surface area contributed by atoms with Crippen molar-refractivity contribution < 1.29 is 135 Å². The van der Waals surface area contributed by atoms with Gasteiger partial charge in [0.05, 0.1) is 34.8 Å². The number of allylic oxidation sites excluding steroid dienone is 2. The number of benzene rings is 16. The van der Waals surface area contributed by atoms with Crippen LogP contribution in [0.4, 0.5) is 14.1 Å². The number of aliphatic hydroxyl groups excluding tert-OH is 4. The zero-order valence-electron chi connectivity index (χ0n) is 80.2. The number of rotatable bonds is 7. The van der Waals surface area contributed by atoms with E-state index in [9.17, 15) is 0 Å². The molecule has 0 saturated heterocycles. The van der Waals surface area contributed by atoms with E-state index in [1.807, 2.05) is 189 Å². The molecule has 16 aromatic carbocycles. The van der Waals surface area contributed by atoms with Crippen molar-refractivity contribution in [1.82, 2.24) is 39.9 Å². The van der Waals surface area contributed by atoms with Crippen molar-refractivity contribution >= 4 is 123 Å². The van der Waals surface area contributed by atoms with Crippen LogP contribution in [-0.2, 0) is 111 Å². The van der Waals surface area contributed by atoms with Crippen LogP contribution in [0.25, 0.3) is 176 Å². The average molecular weight is 2860 g/mol. The van der Waals surface area contributed by atoms with Crippen LogP contribution >= 0.6 is 25.8 Å². The van der Waals surface area contributed by atoms with Gasteiger partial charge in [0.1, 0.15) is 0 Å². The summed E-state index contributed by atoms with van der Waals surface area (Å²) in [5, 5.41) is 50.1. The number of hydrogen-bond acceptors (Lipinski definition) is 12. The van der Waals surface area contributed by atoms with E-state index in [0.717, 1.165) is 102 Å². The first-order valence-electron chi connectivity index (χ1n) is 45.2. The molecule has 6 aromatic heterocycles. The number of pyridine rings is 4. The third-order valence-corrected chi connectivity index (χ3v) is 23.9. The van der Waals surface area contributed by atoms with Crippen molar-refractivity contribution in [3.8, 4) is 78.4 Å². The molecule has 0 bridgehead atoms. The maximum atomic E-state index is 8.49. The van der Waals surface area contributed by atoms with Crippen molar-refractivity contribution in [1.29, 1.82) is 0 Å². The fraction of sp³-hybridized carbons (Fsp3) is 0.0984. The quantitative estimate of drug-likeness (QED) is 0.0513. The summed E-state index contributed by atoms with van der Waals surface area (Å²) in [5.74, 6) is 0.324. The SMILES string of the molecule is CC(O)=CC(C)O.CC(O)=CC(C)O.CC1(C)c2ccccc2-c2c[c-]c(-c3ccc(-c4ccc5c(c4)C(C)(C)c4ccccc4-5)cn3)cc21.F.F.F.PPP.[Ir].[Ir].[Ir].[Ir].[Ir].[c-]1cccc2c1c1nccnc1c1ccccc21.[c-]1cccc2c1c1nccnc1c1ccccc21.[c-]1ccccc1-c1nccc2ccccc12.[c-]1ccccc1-c1nccc2ccccc12.[c-]1ccccc1-c1nccc2ccccc12. The molecule has 0 amide bonds. The van der Waals surface area contributed by atoms with Crippen molar-refractivity contribution in [2.75, 3.05) is 0 Å². The number of aliphatic hydroxyl groups is 4. The molecule has 4 N–H and O–H groups in total. The number of nitrogens with zero attached hydrogens (tertiary/aromatic N) is 8. The van der Waals surface area contributed by atoms with E-state index >= 15 is 0 Å². The van der Waals surface area contributed by atoms with Crippen molar-refractivity contribution in [2.24, 2.45) is 0 Å². The molecule has 743 valence electrons. The molecule has 24 rings (SSSR count). The Morgan fingerprint density at radius 2 is 0.628 bits per heavy atom. The molecule has 6 heterocycles. The fourth-order valence-corrected chi connectivity index (χ4v) is 17.7. The Bertz CT molecular complexity index is 7060. The molecule has 0 spiro atoms. The first-order valence-corrected chi connectivity index (χ1v) is 49.8. The van der Waals surface area contributed by atoms with Gasteiger partial charge in [-0.25, -0.2) is 0 Å². The number of halogens is 3. The van der Waals surface area contributed by atoms with Gasteiger partial charge in [-0.05, 0) is 174 Å². The zero-order valence-corrected chi connectivity index (χ0v) is 95.5. The minimum absolute atomic E-state index is 0. The Balaban J connectivity index is 0.000000209. The summed E-state index contributed by atoms with van der Waals surface area (Å²) in [6.45, 7) is 15.5. The van der Waals surface area contributed by atoms with Gasteiger partial charge in [0.15, 0.2) is 0 Å². The van der Waals surface area contributed by atoms with Gasteiger partial charge in [-0.1, -0.05) is 262 Å². The minimum Gasteiger partial charge on any atom is -0.513 e. The third-order valence-electron chi connectivity index (χ3n) is 23.9. The topological polar surface area (TPSA) is 184 Å². The van der Waals surface area contributed by atoms with Crippen LogP contribution in [0.1, 0.15) is 77.6 Å². The van der Waals surface area contributed by atoms with Gasteiger partial charge in [0.2, 0.25) is 0 Å². The Hall–Kier alpha value is -12.1. The summed E-state index contributed by atoms with van der Waals surface area (Å²) in [4.78, 5) is 36.1. The summed E-state index contributed by atoms with van der Waals surface area (Å²) in [6.07, 6.45) is 16.1. The Morgan fingerprint density at radius 3 is 0.993 bits per heavy atom. The second-order valence-electron chi connectivity index (χ2n) is 34.0. The summed E-state index contributed by atoms with van der Waals surface area (Å²) >= 11 is 0. The molecule has 2 aliphatic carbocycles. The predicted octanol–water partition coefficient (Wildman–Crippen LogP) is 30.8. The van der Waals surface area contributed by atoms with Gasteiger partial charge in [-0.3, -0.25) is 24.1 Å². The Kier molecular flexibility index (Phi) is 45.7. The van der Waals surface area contributed by atoms with E-state index in [1.54, 1.807) is 38.6 Å². The van der Waals surface area contributed by atoms with Crippen molar-refractivity contribution in [3.05, 3.63) is 472 Å². The predicted molar refractivity (Wildman–Crippen MR) is 585 cm³/mol. The molecule has 0 saturated carbocycles. The van der Waals surface area contributed by atoms with Gasteiger partial charge in [-0.15, -0.1) is 214 Å². The monoisotopic (exact) mass is 2860 g/mol. The summed E-state index contributed by atoms with van der Waals surface area (Å²) in [5.41, 5.74) is 25.0. The van der Waals surface area contributed by atoms with Crippen LogP contribution in [0.15, 0.2) is 413 Å². The van der Waals surface area contributed by atoms with Gasteiger partial charge < -0.3 is 50.3 Å². The van der Waals surface area contributed by atoms with Gasteiger partial charge in [0.25, 0.3) is 0 Å². The van der Waals surface area contributed by atoms with Gasteiger partial charge in [-0.2, -0.15) is 0 Å². The number of fused-ring (bicyclic) bond motifs is 21. The van der Waals surface area contributed by atoms with E-state index in [0.29, 0.717) is 0 Å². The van der Waals surface area contributed by atoms with Crippen LogP contribution in [0.3, 0.4) is 0 Å². The maximum Gasteiger partial charge on any atom is 0.0877 e. The maximum absolute atomic E-state index is 8.49. The fourth-order valence-electron chi connectivity index (χ4n) is 17.7. The van der Waals surface area contributed by atoms with Crippen LogP contribution in [0.5, 0.6) is 0 Å². The first kappa shape index (κ1) is 118. The summed E-state index contributed by atoms with van der Waals surface area (Å²) in [6, 6.07) is 136. The second kappa shape index (κ2) is 56.0. The molecule has 0 aliphatic heterocycles. The normalized spacial score (nSPS) is 11.9. The summed E-state index contributed by atoms with van der Waals surface area (Å²) < 4.78 is 0. The molecule has 0 fully saturated rings. The van der Waals surface area contributed by atoms with Crippen LogP contribution < -0.4 is 0 Å². The smallest absolute Gasteiger partial charge is 0.0877 e.